The van der Waals surface area contributed by atoms with Crippen LogP contribution in [0.25, 0.3) is 0 Å². The van der Waals surface area contributed by atoms with E-state index in [9.17, 15) is 19.2 Å². The fourth-order valence-electron chi connectivity index (χ4n) is 4.80. The quantitative estimate of drug-likeness (QED) is 0.299. The first-order valence-corrected chi connectivity index (χ1v) is 15.0. The normalized spacial score (nSPS) is 16.3. The van der Waals surface area contributed by atoms with Crippen molar-refractivity contribution in [3.63, 3.8) is 0 Å². The molecular weight excluding hydrogens is 558 g/mol. The smallest absolute Gasteiger partial charge is 0.408 e. The lowest BCUT2D eigenvalue weighted by Crippen LogP contribution is -2.57. The number of amides is 3. The van der Waals surface area contributed by atoms with Crippen molar-refractivity contribution in [2.24, 2.45) is 11.8 Å². The predicted octanol–water partition coefficient (Wildman–Crippen LogP) is 3.99. The Kier molecular flexibility index (Phi) is 10.5. The highest BCUT2D eigenvalue weighted by molar-refractivity contribution is 7.07. The number of ketones is 1. The summed E-state index contributed by atoms with van der Waals surface area (Å²) in [5.41, 5.74) is 1.82. The van der Waals surface area contributed by atoms with Gasteiger partial charge in [-0.3, -0.25) is 14.4 Å². The van der Waals surface area contributed by atoms with E-state index in [0.29, 0.717) is 31.7 Å². The molecule has 11 nitrogen and oxygen atoms in total. The average Bonchev–Trinajstić information content (AvgIpc) is 3.76. The number of carbonyl (C=O) groups excluding carboxylic acids is 4. The third-order valence-electron chi connectivity index (χ3n) is 7.12. The SMILES string of the molecule is CC(C)[C@H](NC(=O)OCc1ccccc1)C(=O)N1CCC[C@H]1C(=O)N[C@@H](C(=O)c1nnc(Cc2ccsc2)o1)C(C)C. The Bertz CT molecular complexity index is 1360. The molecule has 2 aromatic heterocycles. The van der Waals surface area contributed by atoms with Gasteiger partial charge in [-0.25, -0.2) is 4.79 Å². The Hall–Kier alpha value is -4.06. The van der Waals surface area contributed by atoms with Crippen LogP contribution < -0.4 is 10.6 Å². The maximum atomic E-state index is 13.6. The molecule has 1 aliphatic rings. The highest BCUT2D eigenvalue weighted by Gasteiger charge is 2.40. The minimum absolute atomic E-state index is 0.0700. The van der Waals surface area contributed by atoms with Crippen molar-refractivity contribution in [3.05, 3.63) is 70.1 Å². The van der Waals surface area contributed by atoms with E-state index in [2.05, 4.69) is 20.8 Å². The van der Waals surface area contributed by atoms with Gasteiger partial charge in [0.25, 0.3) is 5.89 Å². The van der Waals surface area contributed by atoms with Gasteiger partial charge in [0.1, 0.15) is 18.7 Å². The van der Waals surface area contributed by atoms with E-state index >= 15 is 0 Å². The number of nitrogens with one attached hydrogen (secondary N) is 2. The van der Waals surface area contributed by atoms with Crippen molar-refractivity contribution in [3.8, 4) is 0 Å². The number of rotatable bonds is 12. The van der Waals surface area contributed by atoms with Gasteiger partial charge < -0.3 is 24.7 Å². The van der Waals surface area contributed by atoms with Gasteiger partial charge >= 0.3 is 6.09 Å². The predicted molar refractivity (Wildman–Crippen MR) is 156 cm³/mol. The molecule has 0 radical (unpaired) electrons. The van der Waals surface area contributed by atoms with E-state index in [1.165, 1.54) is 4.90 Å². The molecule has 1 aliphatic heterocycles. The molecule has 1 aromatic carbocycles. The number of benzene rings is 1. The van der Waals surface area contributed by atoms with Crippen LogP contribution in [0.2, 0.25) is 0 Å². The van der Waals surface area contributed by atoms with Gasteiger partial charge in [-0.15, -0.1) is 10.2 Å². The Balaban J connectivity index is 1.39. The third-order valence-corrected chi connectivity index (χ3v) is 7.85. The van der Waals surface area contributed by atoms with Crippen LogP contribution in [0.15, 0.2) is 51.6 Å². The topological polar surface area (TPSA) is 144 Å². The summed E-state index contributed by atoms with van der Waals surface area (Å²) in [6.07, 6.45) is 0.746. The Morgan fingerprint density at radius 2 is 1.74 bits per heavy atom. The van der Waals surface area contributed by atoms with E-state index in [-0.39, 0.29) is 30.2 Å². The molecule has 3 aromatic rings. The number of carbonyl (C=O) groups is 4. The molecule has 2 N–H and O–H groups in total. The van der Waals surface area contributed by atoms with Crippen LogP contribution in [-0.4, -0.2) is 63.5 Å². The second-order valence-corrected chi connectivity index (χ2v) is 11.8. The van der Waals surface area contributed by atoms with Crippen molar-refractivity contribution in [2.75, 3.05) is 6.54 Å². The molecule has 42 heavy (non-hydrogen) atoms. The highest BCUT2D eigenvalue weighted by Crippen LogP contribution is 2.22. The molecule has 3 heterocycles. The summed E-state index contributed by atoms with van der Waals surface area (Å²) >= 11 is 1.55. The number of ether oxygens (including phenoxy) is 1. The molecule has 0 aliphatic carbocycles. The van der Waals surface area contributed by atoms with Crippen LogP contribution >= 0.6 is 11.3 Å². The summed E-state index contributed by atoms with van der Waals surface area (Å²) in [6, 6.07) is 8.58. The number of hydrogen-bond acceptors (Lipinski definition) is 9. The van der Waals surface area contributed by atoms with Crippen LogP contribution in [0.4, 0.5) is 4.79 Å². The van der Waals surface area contributed by atoms with Crippen molar-refractivity contribution < 1.29 is 28.3 Å². The molecule has 4 rings (SSSR count). The summed E-state index contributed by atoms with van der Waals surface area (Å²) in [5.74, 6) is -1.69. The van der Waals surface area contributed by atoms with Crippen LogP contribution in [0, 0.1) is 11.8 Å². The van der Waals surface area contributed by atoms with Crippen molar-refractivity contribution in [1.82, 2.24) is 25.7 Å². The maximum Gasteiger partial charge on any atom is 0.408 e. The number of alkyl carbamates (subject to hydrolysis) is 1. The van der Waals surface area contributed by atoms with Gasteiger partial charge in [-0.05, 0) is 52.6 Å². The fourth-order valence-corrected chi connectivity index (χ4v) is 5.47. The molecule has 0 saturated carbocycles. The fraction of sp³-hybridized carbons (Fsp3) is 0.467. The monoisotopic (exact) mass is 595 g/mol. The standard InChI is InChI=1S/C30H37N5O6S/c1-18(2)24(26(36)28-34-33-23(41-28)15-21-12-14-42-17-21)31-27(37)22-11-8-13-35(22)29(38)25(19(3)4)32-30(39)40-16-20-9-6-5-7-10-20/h5-7,9-10,12,14,17-19,22,24-25H,8,11,13,15-16H2,1-4H3,(H,31,37)(H,32,39)/t22-,24+,25-/m0/s1. The number of likely N-dealkylation sites (tertiary alicyclic amines) is 1. The lowest BCUT2D eigenvalue weighted by molar-refractivity contribution is -0.141. The molecule has 0 unspecified atom stereocenters. The molecule has 0 spiro atoms. The largest absolute Gasteiger partial charge is 0.445 e. The minimum atomic E-state index is -0.920. The van der Waals surface area contributed by atoms with Gasteiger partial charge in [-0.1, -0.05) is 58.0 Å². The number of aromatic nitrogens is 2. The van der Waals surface area contributed by atoms with Gasteiger partial charge in [0.2, 0.25) is 23.5 Å². The Morgan fingerprint density at radius 3 is 2.40 bits per heavy atom. The maximum absolute atomic E-state index is 13.6. The molecule has 0 bridgehead atoms. The van der Waals surface area contributed by atoms with E-state index in [1.54, 1.807) is 11.3 Å². The zero-order valence-electron chi connectivity index (χ0n) is 24.2. The summed E-state index contributed by atoms with van der Waals surface area (Å²) in [4.78, 5) is 54.4. The van der Waals surface area contributed by atoms with E-state index in [4.69, 9.17) is 9.15 Å². The zero-order valence-corrected chi connectivity index (χ0v) is 25.1. The average molecular weight is 596 g/mol. The van der Waals surface area contributed by atoms with Crippen molar-refractivity contribution in [1.29, 1.82) is 0 Å². The minimum Gasteiger partial charge on any atom is -0.445 e. The summed E-state index contributed by atoms with van der Waals surface area (Å²) in [7, 11) is 0. The van der Waals surface area contributed by atoms with E-state index in [1.807, 2.05) is 74.9 Å². The van der Waals surface area contributed by atoms with Gasteiger partial charge in [0, 0.05) is 6.54 Å². The number of hydrogen-bond donors (Lipinski definition) is 2. The molecule has 224 valence electrons. The first-order valence-electron chi connectivity index (χ1n) is 14.1. The molecule has 3 amide bonds. The van der Waals surface area contributed by atoms with Crippen LogP contribution in [0.1, 0.15) is 68.2 Å². The Labute approximate surface area is 249 Å². The summed E-state index contributed by atoms with van der Waals surface area (Å²) < 4.78 is 10.9. The van der Waals surface area contributed by atoms with Crippen molar-refractivity contribution >= 4 is 35.0 Å². The zero-order chi connectivity index (χ0) is 30.2. The Morgan fingerprint density at radius 1 is 1.00 bits per heavy atom. The molecule has 12 heteroatoms. The number of Topliss-reactive ketones (excluding diaryl/α,β-unsaturated/α-hetero) is 1. The van der Waals surface area contributed by atoms with E-state index in [0.717, 1.165) is 11.1 Å². The molecule has 1 fully saturated rings. The highest BCUT2D eigenvalue weighted by atomic mass is 32.1. The first-order chi connectivity index (χ1) is 20.1. The first kappa shape index (κ1) is 30.9. The van der Waals surface area contributed by atoms with Gasteiger partial charge in [0.15, 0.2) is 0 Å². The molecule has 1 saturated heterocycles. The van der Waals surface area contributed by atoms with Crippen molar-refractivity contribution in [2.45, 2.75) is 71.7 Å². The lowest BCUT2D eigenvalue weighted by atomic mass is 9.98. The van der Waals surface area contributed by atoms with Crippen LogP contribution in [0.5, 0.6) is 0 Å². The molecular formula is C30H37N5O6S. The second-order valence-electron chi connectivity index (χ2n) is 11.0. The molecule has 3 atom stereocenters. The number of nitrogens with zero attached hydrogens (tertiary/aromatic N) is 3. The number of thiophene rings is 1. The van der Waals surface area contributed by atoms with Gasteiger partial charge in [-0.2, -0.15) is 11.3 Å². The van der Waals surface area contributed by atoms with E-state index < -0.39 is 35.9 Å². The van der Waals surface area contributed by atoms with Crippen LogP contribution in [0.3, 0.4) is 0 Å². The summed E-state index contributed by atoms with van der Waals surface area (Å²) in [6.45, 7) is 7.67. The lowest BCUT2D eigenvalue weighted by Gasteiger charge is -2.31. The third kappa shape index (κ3) is 7.81. The van der Waals surface area contributed by atoms with Crippen LogP contribution in [-0.2, 0) is 27.4 Å². The van der Waals surface area contributed by atoms with Gasteiger partial charge in [0.05, 0.1) is 12.5 Å². The summed E-state index contributed by atoms with van der Waals surface area (Å²) in [5, 5.41) is 17.3. The second kappa shape index (κ2) is 14.2.